The topological polar surface area (TPSA) is 116 Å². The third-order valence-electron chi connectivity index (χ3n) is 2.76. The number of aromatic amines is 1. The molecule has 0 bridgehead atoms. The number of carbonyl (C=O) groups excluding carboxylic acids is 1. The Hall–Kier alpha value is -2.05. The molecule has 0 aliphatic heterocycles. The molecule has 0 saturated heterocycles. The molecule has 1 atom stereocenters. The Kier molecular flexibility index (Phi) is 4.30. The highest BCUT2D eigenvalue weighted by atomic mass is 16.4. The highest BCUT2D eigenvalue weighted by Crippen LogP contribution is 2.19. The molecule has 1 aromatic heterocycles. The van der Waals surface area contributed by atoms with Crippen molar-refractivity contribution in [3.63, 3.8) is 0 Å². The van der Waals surface area contributed by atoms with Crippen LogP contribution in [0.1, 0.15) is 25.2 Å². The first-order valence-electron chi connectivity index (χ1n) is 5.68. The second-order valence-electron chi connectivity index (χ2n) is 4.54. The van der Waals surface area contributed by atoms with Crippen molar-refractivity contribution in [1.82, 2.24) is 10.2 Å². The van der Waals surface area contributed by atoms with Gasteiger partial charge < -0.3 is 16.3 Å². The Morgan fingerprint density at radius 2 is 2.11 bits per heavy atom. The minimum absolute atomic E-state index is 0.0755. The third kappa shape index (κ3) is 2.79. The summed E-state index contributed by atoms with van der Waals surface area (Å²) >= 11 is 0. The number of rotatable bonds is 4. The van der Waals surface area contributed by atoms with Crippen molar-refractivity contribution in [3.05, 3.63) is 11.4 Å². The molecule has 0 aliphatic carbocycles. The predicted octanol–water partition coefficient (Wildman–Crippen LogP) is 0.984. The van der Waals surface area contributed by atoms with Gasteiger partial charge in [0, 0.05) is 0 Å². The van der Waals surface area contributed by atoms with Crippen LogP contribution < -0.4 is 11.1 Å². The Balaban J connectivity index is 2.93. The van der Waals surface area contributed by atoms with Gasteiger partial charge in [0.2, 0.25) is 5.91 Å². The fourth-order valence-electron chi connectivity index (χ4n) is 1.78. The number of H-pyrrole nitrogens is 1. The van der Waals surface area contributed by atoms with Crippen LogP contribution in [0.3, 0.4) is 0 Å². The van der Waals surface area contributed by atoms with Gasteiger partial charge in [-0.25, -0.2) is 0 Å². The first-order chi connectivity index (χ1) is 8.38. The molecule has 0 spiro atoms. The summed E-state index contributed by atoms with van der Waals surface area (Å²) in [5, 5.41) is 21.1. The van der Waals surface area contributed by atoms with Crippen LogP contribution in [0.25, 0.3) is 0 Å². The zero-order chi connectivity index (χ0) is 13.9. The summed E-state index contributed by atoms with van der Waals surface area (Å²) in [7, 11) is 0. The van der Waals surface area contributed by atoms with Crippen molar-refractivity contribution in [2.75, 3.05) is 5.32 Å². The number of aromatic nitrogens is 2. The van der Waals surface area contributed by atoms with Crippen LogP contribution >= 0.6 is 0 Å². The first kappa shape index (κ1) is 14.0. The number of amidine groups is 1. The average molecular weight is 253 g/mol. The van der Waals surface area contributed by atoms with Crippen molar-refractivity contribution in [2.45, 2.75) is 27.7 Å². The maximum atomic E-state index is 12.1. The van der Waals surface area contributed by atoms with E-state index in [0.29, 0.717) is 11.4 Å². The molecule has 1 heterocycles. The minimum Gasteiger partial charge on any atom is -0.409 e. The molecule has 0 aromatic carbocycles. The molecule has 1 amide bonds. The van der Waals surface area contributed by atoms with E-state index < -0.39 is 5.92 Å². The number of nitrogens with two attached hydrogens (primary N) is 1. The van der Waals surface area contributed by atoms with Crippen LogP contribution in [0.4, 0.5) is 5.69 Å². The Morgan fingerprint density at radius 1 is 1.50 bits per heavy atom. The number of amides is 1. The van der Waals surface area contributed by atoms with Crippen LogP contribution in [0.5, 0.6) is 0 Å². The van der Waals surface area contributed by atoms with E-state index in [1.54, 1.807) is 6.92 Å². The van der Waals surface area contributed by atoms with E-state index in [2.05, 4.69) is 20.7 Å². The van der Waals surface area contributed by atoms with Crippen LogP contribution in [0, 0.1) is 25.7 Å². The molecular weight excluding hydrogens is 234 g/mol. The minimum atomic E-state index is -0.677. The first-order valence-corrected chi connectivity index (χ1v) is 5.68. The summed E-state index contributed by atoms with van der Waals surface area (Å²) in [6.45, 7) is 7.26. The van der Waals surface area contributed by atoms with E-state index in [4.69, 9.17) is 10.9 Å². The number of carbonyl (C=O) groups is 1. The van der Waals surface area contributed by atoms with Gasteiger partial charge in [0.05, 0.1) is 17.1 Å². The van der Waals surface area contributed by atoms with Gasteiger partial charge in [0.25, 0.3) is 0 Å². The molecule has 0 aliphatic rings. The lowest BCUT2D eigenvalue weighted by molar-refractivity contribution is -0.119. The van der Waals surface area contributed by atoms with Crippen molar-refractivity contribution in [2.24, 2.45) is 22.7 Å². The van der Waals surface area contributed by atoms with E-state index >= 15 is 0 Å². The molecule has 1 rings (SSSR count). The van der Waals surface area contributed by atoms with E-state index in [1.807, 2.05) is 20.8 Å². The summed E-state index contributed by atoms with van der Waals surface area (Å²) in [5.41, 5.74) is 7.64. The normalized spacial score (nSPS) is 13.7. The van der Waals surface area contributed by atoms with E-state index in [1.165, 1.54) is 0 Å². The maximum absolute atomic E-state index is 12.1. The summed E-state index contributed by atoms with van der Waals surface area (Å²) in [4.78, 5) is 12.1. The number of nitrogens with zero attached hydrogens (tertiary/aromatic N) is 2. The standard InChI is InChI=1S/C11H19N5O2/c1-5(2)8(10(12)16-18)11(17)13-9-6(3)14-15-7(9)4/h5,8,18H,1-4H3,(H2,12,16)(H,13,17)(H,14,15). The molecule has 0 fully saturated rings. The summed E-state index contributed by atoms with van der Waals surface area (Å²) < 4.78 is 0. The van der Waals surface area contributed by atoms with Gasteiger partial charge in [-0.15, -0.1) is 0 Å². The SMILES string of the molecule is Cc1n[nH]c(C)c1NC(=O)C(C(N)=NO)C(C)C. The van der Waals surface area contributed by atoms with E-state index in [-0.39, 0.29) is 17.7 Å². The molecule has 100 valence electrons. The largest absolute Gasteiger partial charge is 0.409 e. The van der Waals surface area contributed by atoms with E-state index in [9.17, 15) is 4.79 Å². The number of hydrogen-bond donors (Lipinski definition) is 4. The highest BCUT2D eigenvalue weighted by Gasteiger charge is 2.27. The third-order valence-corrected chi connectivity index (χ3v) is 2.76. The fourth-order valence-corrected chi connectivity index (χ4v) is 1.78. The van der Waals surface area contributed by atoms with Gasteiger partial charge in [-0.3, -0.25) is 9.89 Å². The molecule has 1 aromatic rings. The van der Waals surface area contributed by atoms with Gasteiger partial charge in [-0.05, 0) is 19.8 Å². The number of hydrogen-bond acceptors (Lipinski definition) is 4. The van der Waals surface area contributed by atoms with Crippen LogP contribution in [0.2, 0.25) is 0 Å². The molecule has 18 heavy (non-hydrogen) atoms. The molecular formula is C11H19N5O2. The Morgan fingerprint density at radius 3 is 2.50 bits per heavy atom. The molecule has 7 heteroatoms. The Labute approximate surface area is 105 Å². The van der Waals surface area contributed by atoms with E-state index in [0.717, 1.165) is 5.69 Å². The Bertz CT molecular complexity index is 444. The van der Waals surface area contributed by atoms with Crippen molar-refractivity contribution in [1.29, 1.82) is 0 Å². The van der Waals surface area contributed by atoms with Crippen LogP contribution in [-0.4, -0.2) is 27.1 Å². The zero-order valence-corrected chi connectivity index (χ0v) is 11.0. The number of anilines is 1. The summed E-state index contributed by atoms with van der Waals surface area (Å²) in [5.74, 6) is -1.16. The summed E-state index contributed by atoms with van der Waals surface area (Å²) in [6.07, 6.45) is 0. The van der Waals surface area contributed by atoms with Crippen molar-refractivity contribution >= 4 is 17.4 Å². The van der Waals surface area contributed by atoms with Gasteiger partial charge in [0.1, 0.15) is 5.92 Å². The molecule has 5 N–H and O–H groups in total. The second kappa shape index (κ2) is 5.52. The molecule has 0 radical (unpaired) electrons. The number of nitrogens with one attached hydrogen (secondary N) is 2. The van der Waals surface area contributed by atoms with Crippen LogP contribution in [-0.2, 0) is 4.79 Å². The lowest BCUT2D eigenvalue weighted by atomic mass is 9.93. The molecule has 1 unspecified atom stereocenters. The predicted molar refractivity (Wildman–Crippen MR) is 68.4 cm³/mol. The average Bonchev–Trinajstić information content (AvgIpc) is 2.60. The maximum Gasteiger partial charge on any atom is 0.235 e. The number of oxime groups is 1. The van der Waals surface area contributed by atoms with Crippen LogP contribution in [0.15, 0.2) is 5.16 Å². The summed E-state index contributed by atoms with van der Waals surface area (Å²) in [6, 6.07) is 0. The van der Waals surface area contributed by atoms with Gasteiger partial charge in [0.15, 0.2) is 5.84 Å². The fraction of sp³-hybridized carbons (Fsp3) is 0.545. The quantitative estimate of drug-likeness (QED) is 0.277. The zero-order valence-electron chi connectivity index (χ0n) is 11.0. The molecule has 0 saturated carbocycles. The van der Waals surface area contributed by atoms with Gasteiger partial charge in [-0.2, -0.15) is 5.10 Å². The lowest BCUT2D eigenvalue weighted by Crippen LogP contribution is -2.38. The van der Waals surface area contributed by atoms with Crippen molar-refractivity contribution < 1.29 is 10.0 Å². The number of aryl methyl sites for hydroxylation is 2. The highest BCUT2D eigenvalue weighted by molar-refractivity contribution is 6.08. The van der Waals surface area contributed by atoms with Gasteiger partial charge in [-0.1, -0.05) is 19.0 Å². The second-order valence-corrected chi connectivity index (χ2v) is 4.54. The van der Waals surface area contributed by atoms with Gasteiger partial charge >= 0.3 is 0 Å². The lowest BCUT2D eigenvalue weighted by Gasteiger charge is -2.18. The van der Waals surface area contributed by atoms with Crippen molar-refractivity contribution in [3.8, 4) is 0 Å². The molecule has 7 nitrogen and oxygen atoms in total. The monoisotopic (exact) mass is 253 g/mol. The smallest absolute Gasteiger partial charge is 0.235 e.